The van der Waals surface area contributed by atoms with E-state index in [2.05, 4.69) is 26.1 Å². The van der Waals surface area contributed by atoms with Crippen molar-refractivity contribution in [2.75, 3.05) is 0 Å². The van der Waals surface area contributed by atoms with Crippen LogP contribution in [0.25, 0.3) is 0 Å². The normalized spacial score (nSPS) is 30.1. The van der Waals surface area contributed by atoms with Crippen LogP contribution in [0.2, 0.25) is 0 Å². The Kier molecular flexibility index (Phi) is 4.39. The maximum absolute atomic E-state index is 13.7. The Labute approximate surface area is 110 Å². The molecule has 4 atom stereocenters. The van der Waals surface area contributed by atoms with Gasteiger partial charge >= 0.3 is 0 Å². The molecule has 0 heterocycles. The molecule has 0 radical (unpaired) electrons. The fourth-order valence-electron chi connectivity index (χ4n) is 3.00. The van der Waals surface area contributed by atoms with Crippen molar-refractivity contribution in [1.82, 2.24) is 5.32 Å². The average molecular weight is 249 g/mol. The maximum Gasteiger partial charge on any atom is 0.127 e. The van der Waals surface area contributed by atoms with Crippen LogP contribution in [-0.4, -0.2) is 6.04 Å². The minimum absolute atomic E-state index is 0.0870. The summed E-state index contributed by atoms with van der Waals surface area (Å²) in [4.78, 5) is 0. The van der Waals surface area contributed by atoms with Gasteiger partial charge in [-0.2, -0.15) is 0 Å². The van der Waals surface area contributed by atoms with E-state index in [0.717, 1.165) is 11.5 Å². The van der Waals surface area contributed by atoms with Crippen LogP contribution in [0.15, 0.2) is 24.3 Å². The van der Waals surface area contributed by atoms with Crippen molar-refractivity contribution in [3.8, 4) is 0 Å². The highest BCUT2D eigenvalue weighted by Crippen LogP contribution is 2.30. The molecule has 100 valence electrons. The topological polar surface area (TPSA) is 12.0 Å². The van der Waals surface area contributed by atoms with Crippen molar-refractivity contribution in [1.29, 1.82) is 0 Å². The first kappa shape index (κ1) is 13.5. The van der Waals surface area contributed by atoms with E-state index in [-0.39, 0.29) is 11.9 Å². The van der Waals surface area contributed by atoms with Crippen molar-refractivity contribution < 1.29 is 4.39 Å². The summed E-state index contributed by atoms with van der Waals surface area (Å²) in [5.74, 6) is 1.37. The lowest BCUT2D eigenvalue weighted by Gasteiger charge is -2.35. The minimum atomic E-state index is -0.103. The summed E-state index contributed by atoms with van der Waals surface area (Å²) in [5, 5.41) is 3.62. The summed E-state index contributed by atoms with van der Waals surface area (Å²) in [6.07, 6.45) is 3.82. The second-order valence-electron chi connectivity index (χ2n) is 5.91. The van der Waals surface area contributed by atoms with Gasteiger partial charge in [-0.3, -0.25) is 0 Å². The van der Waals surface area contributed by atoms with Crippen LogP contribution in [0.3, 0.4) is 0 Å². The third-order valence-electron chi connectivity index (χ3n) is 4.29. The third kappa shape index (κ3) is 3.11. The number of benzene rings is 1. The summed E-state index contributed by atoms with van der Waals surface area (Å²) in [5.41, 5.74) is 0.780. The molecular formula is C16H24FN. The highest BCUT2D eigenvalue weighted by atomic mass is 19.1. The summed E-state index contributed by atoms with van der Waals surface area (Å²) in [6, 6.07) is 7.68. The van der Waals surface area contributed by atoms with E-state index in [9.17, 15) is 4.39 Å². The van der Waals surface area contributed by atoms with Gasteiger partial charge in [0.2, 0.25) is 0 Å². The zero-order valence-corrected chi connectivity index (χ0v) is 11.6. The molecule has 0 spiro atoms. The quantitative estimate of drug-likeness (QED) is 0.842. The van der Waals surface area contributed by atoms with Gasteiger partial charge < -0.3 is 5.32 Å². The molecule has 1 saturated carbocycles. The predicted octanol–water partition coefficient (Wildman–Crippen LogP) is 4.30. The first-order chi connectivity index (χ1) is 8.58. The molecule has 1 N–H and O–H groups in total. The van der Waals surface area contributed by atoms with Gasteiger partial charge in [-0.1, -0.05) is 38.5 Å². The van der Waals surface area contributed by atoms with Crippen LogP contribution in [0, 0.1) is 17.7 Å². The van der Waals surface area contributed by atoms with Gasteiger partial charge in [-0.25, -0.2) is 4.39 Å². The first-order valence-corrected chi connectivity index (χ1v) is 7.08. The minimum Gasteiger partial charge on any atom is -0.307 e. The molecule has 1 fully saturated rings. The Bertz CT molecular complexity index is 390. The Hall–Kier alpha value is -0.890. The highest BCUT2D eigenvalue weighted by Gasteiger charge is 2.27. The number of hydrogen-bond acceptors (Lipinski definition) is 1. The van der Waals surface area contributed by atoms with Crippen LogP contribution >= 0.6 is 0 Å². The zero-order valence-electron chi connectivity index (χ0n) is 11.6. The van der Waals surface area contributed by atoms with Gasteiger partial charge in [0.25, 0.3) is 0 Å². The van der Waals surface area contributed by atoms with Gasteiger partial charge in [0.15, 0.2) is 0 Å². The van der Waals surface area contributed by atoms with E-state index < -0.39 is 0 Å². The van der Waals surface area contributed by atoms with Crippen molar-refractivity contribution in [2.24, 2.45) is 11.8 Å². The molecule has 1 aliphatic carbocycles. The van der Waals surface area contributed by atoms with Gasteiger partial charge in [-0.15, -0.1) is 0 Å². The molecule has 3 unspecified atom stereocenters. The number of halogens is 1. The standard InChI is InChI=1S/C16H24FN/c1-11-8-9-12(2)16(10-11)18-13(3)14-6-4-5-7-15(14)17/h4-7,11-13,16,18H,8-10H2,1-3H3/t11?,12?,13-,16?/m1/s1. The van der Waals surface area contributed by atoms with Crippen molar-refractivity contribution in [3.63, 3.8) is 0 Å². The largest absolute Gasteiger partial charge is 0.307 e. The van der Waals surface area contributed by atoms with Crippen molar-refractivity contribution in [2.45, 2.75) is 52.1 Å². The zero-order chi connectivity index (χ0) is 13.1. The summed E-state index contributed by atoms with van der Waals surface area (Å²) < 4.78 is 13.7. The molecule has 1 aromatic carbocycles. The first-order valence-electron chi connectivity index (χ1n) is 7.08. The summed E-state index contributed by atoms with van der Waals surface area (Å²) >= 11 is 0. The smallest absolute Gasteiger partial charge is 0.127 e. The lowest BCUT2D eigenvalue weighted by molar-refractivity contribution is 0.215. The lowest BCUT2D eigenvalue weighted by Crippen LogP contribution is -2.40. The molecule has 0 amide bonds. The Morgan fingerprint density at radius 2 is 1.94 bits per heavy atom. The van der Waals surface area contributed by atoms with Crippen molar-refractivity contribution >= 4 is 0 Å². The molecule has 1 nitrogen and oxygen atoms in total. The van der Waals surface area contributed by atoms with Crippen LogP contribution in [0.5, 0.6) is 0 Å². The van der Waals surface area contributed by atoms with Crippen LogP contribution < -0.4 is 5.32 Å². The number of rotatable bonds is 3. The molecule has 1 aliphatic rings. The summed E-state index contributed by atoms with van der Waals surface area (Å²) in [6.45, 7) is 6.68. The lowest BCUT2D eigenvalue weighted by atomic mass is 9.79. The fraction of sp³-hybridized carbons (Fsp3) is 0.625. The van der Waals surface area contributed by atoms with Gasteiger partial charge in [-0.05, 0) is 37.7 Å². The van der Waals surface area contributed by atoms with Gasteiger partial charge in [0, 0.05) is 17.6 Å². The number of hydrogen-bond donors (Lipinski definition) is 1. The number of nitrogens with one attached hydrogen (secondary N) is 1. The van der Waals surface area contributed by atoms with Crippen molar-refractivity contribution in [3.05, 3.63) is 35.6 Å². The second kappa shape index (κ2) is 5.83. The molecule has 2 heteroatoms. The molecular weight excluding hydrogens is 225 g/mol. The van der Waals surface area contributed by atoms with E-state index >= 15 is 0 Å². The van der Waals surface area contributed by atoms with E-state index in [1.54, 1.807) is 12.1 Å². The monoisotopic (exact) mass is 249 g/mol. The molecule has 1 aromatic rings. The maximum atomic E-state index is 13.7. The van der Waals surface area contributed by atoms with Crippen LogP contribution in [-0.2, 0) is 0 Å². The Morgan fingerprint density at radius 3 is 2.67 bits per heavy atom. The molecule has 18 heavy (non-hydrogen) atoms. The van der Waals surface area contributed by atoms with Crippen LogP contribution in [0.4, 0.5) is 4.39 Å². The third-order valence-corrected chi connectivity index (χ3v) is 4.29. The molecule has 2 rings (SSSR count). The second-order valence-corrected chi connectivity index (χ2v) is 5.91. The predicted molar refractivity (Wildman–Crippen MR) is 73.9 cm³/mol. The fourth-order valence-corrected chi connectivity index (χ4v) is 3.00. The van der Waals surface area contributed by atoms with E-state index in [4.69, 9.17) is 0 Å². The highest BCUT2D eigenvalue weighted by molar-refractivity contribution is 5.20. The van der Waals surface area contributed by atoms with E-state index in [1.807, 2.05) is 12.1 Å². The molecule has 0 saturated heterocycles. The Balaban J connectivity index is 2.02. The molecule has 0 aromatic heterocycles. The summed E-state index contributed by atoms with van der Waals surface area (Å²) in [7, 11) is 0. The molecule has 0 bridgehead atoms. The Morgan fingerprint density at radius 1 is 1.22 bits per heavy atom. The van der Waals surface area contributed by atoms with Gasteiger partial charge in [0.05, 0.1) is 0 Å². The van der Waals surface area contributed by atoms with E-state index in [0.29, 0.717) is 12.0 Å². The molecule has 0 aliphatic heterocycles. The van der Waals surface area contributed by atoms with Crippen LogP contribution in [0.1, 0.15) is 51.6 Å². The average Bonchev–Trinajstić information content (AvgIpc) is 2.34. The van der Waals surface area contributed by atoms with E-state index in [1.165, 1.54) is 19.3 Å². The van der Waals surface area contributed by atoms with Gasteiger partial charge in [0.1, 0.15) is 5.82 Å². The SMILES string of the molecule is CC1CCC(C)C(N[C@H](C)c2ccccc2F)C1.